The molecular weight excluding hydrogens is 300 g/mol. The topological polar surface area (TPSA) is 82.5 Å². The van der Waals surface area contributed by atoms with Crippen molar-refractivity contribution in [1.29, 1.82) is 0 Å². The molecule has 0 N–H and O–H groups in total. The van der Waals surface area contributed by atoms with Crippen LogP contribution < -0.4 is 0 Å². The van der Waals surface area contributed by atoms with E-state index in [-0.39, 0.29) is 0 Å². The molecule has 0 aliphatic heterocycles. The maximum absolute atomic E-state index is 5.23. The van der Waals surface area contributed by atoms with Crippen LogP contribution in [0.1, 0.15) is 5.82 Å². The summed E-state index contributed by atoms with van der Waals surface area (Å²) in [4.78, 5) is 5.78. The third-order valence-electron chi connectivity index (χ3n) is 3.00. The maximum Gasteiger partial charge on any atom is 0.258 e. The monoisotopic (exact) mass is 310 g/mol. The van der Waals surface area contributed by atoms with Crippen LogP contribution in [0.4, 0.5) is 0 Å². The summed E-state index contributed by atoms with van der Waals surface area (Å²) in [5.74, 6) is 1.58. The fraction of sp³-hybridized carbons (Fsp3) is 0.0714. The Bertz CT molecular complexity index is 868. The van der Waals surface area contributed by atoms with Gasteiger partial charge in [-0.3, -0.25) is 0 Å². The Morgan fingerprint density at radius 2 is 2.00 bits per heavy atom. The Balaban J connectivity index is 1.54. The van der Waals surface area contributed by atoms with Crippen LogP contribution in [0, 0.1) is 0 Å². The Hall–Kier alpha value is -2.87. The van der Waals surface area contributed by atoms with E-state index in [0.29, 0.717) is 24.1 Å². The molecule has 108 valence electrons. The average Bonchev–Trinajstić information content (AvgIpc) is 3.30. The van der Waals surface area contributed by atoms with Gasteiger partial charge < -0.3 is 4.52 Å². The molecule has 0 spiro atoms. The summed E-state index contributed by atoms with van der Waals surface area (Å²) >= 11 is 1.58. The van der Waals surface area contributed by atoms with Gasteiger partial charge in [0.1, 0.15) is 6.54 Å². The molecule has 0 unspecified atom stereocenters. The number of aromatic nitrogens is 6. The lowest BCUT2D eigenvalue weighted by atomic mass is 10.2. The molecule has 0 fully saturated rings. The number of rotatable bonds is 4. The van der Waals surface area contributed by atoms with Gasteiger partial charge in [0.25, 0.3) is 5.89 Å². The van der Waals surface area contributed by atoms with E-state index in [1.165, 1.54) is 4.80 Å². The van der Waals surface area contributed by atoms with Crippen molar-refractivity contribution in [2.24, 2.45) is 0 Å². The first-order valence-corrected chi connectivity index (χ1v) is 7.51. The lowest BCUT2D eigenvalue weighted by Gasteiger charge is -1.92. The molecule has 7 nitrogen and oxygen atoms in total. The Kier molecular flexibility index (Phi) is 3.20. The van der Waals surface area contributed by atoms with Gasteiger partial charge in [0, 0.05) is 10.9 Å². The predicted molar refractivity (Wildman–Crippen MR) is 80.0 cm³/mol. The molecule has 0 saturated heterocycles. The van der Waals surface area contributed by atoms with E-state index in [0.717, 1.165) is 11.1 Å². The molecule has 0 amide bonds. The van der Waals surface area contributed by atoms with Crippen molar-refractivity contribution >= 4 is 11.3 Å². The molecule has 3 heterocycles. The lowest BCUT2D eigenvalue weighted by Crippen LogP contribution is -2.05. The van der Waals surface area contributed by atoms with Gasteiger partial charge in [-0.2, -0.15) is 21.1 Å². The number of benzene rings is 1. The molecule has 0 bridgehead atoms. The molecule has 0 radical (unpaired) electrons. The van der Waals surface area contributed by atoms with E-state index in [4.69, 9.17) is 4.52 Å². The minimum atomic E-state index is 0.313. The highest BCUT2D eigenvalue weighted by atomic mass is 32.1. The fourth-order valence-electron chi connectivity index (χ4n) is 1.96. The van der Waals surface area contributed by atoms with Crippen LogP contribution in [0.3, 0.4) is 0 Å². The third-order valence-corrected chi connectivity index (χ3v) is 3.69. The number of hydrogen-bond donors (Lipinski definition) is 0. The van der Waals surface area contributed by atoms with E-state index in [9.17, 15) is 0 Å². The highest BCUT2D eigenvalue weighted by molar-refractivity contribution is 7.08. The van der Waals surface area contributed by atoms with Crippen molar-refractivity contribution in [2.45, 2.75) is 6.54 Å². The van der Waals surface area contributed by atoms with Gasteiger partial charge in [0.05, 0.1) is 5.56 Å². The first kappa shape index (κ1) is 12.8. The summed E-state index contributed by atoms with van der Waals surface area (Å²) in [7, 11) is 0. The molecule has 1 aromatic carbocycles. The molecular formula is C14H10N6OS. The van der Waals surface area contributed by atoms with E-state index in [2.05, 4.69) is 25.6 Å². The molecule has 4 aromatic rings. The zero-order valence-corrected chi connectivity index (χ0v) is 12.1. The number of tetrazole rings is 1. The molecule has 0 aliphatic rings. The summed E-state index contributed by atoms with van der Waals surface area (Å²) < 4.78 is 5.23. The first-order chi connectivity index (χ1) is 10.9. The van der Waals surface area contributed by atoms with E-state index < -0.39 is 0 Å². The van der Waals surface area contributed by atoms with Crippen LogP contribution in [0.5, 0.6) is 0 Å². The molecule has 8 heteroatoms. The van der Waals surface area contributed by atoms with Crippen LogP contribution in [0.2, 0.25) is 0 Å². The standard InChI is InChI=1S/C14H10N6OS/c1-2-4-10(5-3-1)13-16-19-20(17-13)8-12-15-14(21-18-12)11-6-7-22-9-11/h1-7,9H,8H2. The zero-order chi connectivity index (χ0) is 14.8. The largest absolute Gasteiger partial charge is 0.334 e. The number of nitrogens with zero attached hydrogens (tertiary/aromatic N) is 6. The molecule has 0 aliphatic carbocycles. The van der Waals surface area contributed by atoms with Gasteiger partial charge >= 0.3 is 0 Å². The number of thiophene rings is 1. The van der Waals surface area contributed by atoms with Crippen molar-refractivity contribution in [3.05, 3.63) is 53.0 Å². The minimum absolute atomic E-state index is 0.313. The number of hydrogen-bond acceptors (Lipinski definition) is 7. The molecule has 3 aromatic heterocycles. The second kappa shape index (κ2) is 5.49. The first-order valence-electron chi connectivity index (χ1n) is 6.57. The van der Waals surface area contributed by atoms with E-state index in [1.807, 2.05) is 47.2 Å². The quantitative estimate of drug-likeness (QED) is 0.576. The summed E-state index contributed by atoms with van der Waals surface area (Å²) in [6.07, 6.45) is 0. The van der Waals surface area contributed by atoms with Gasteiger partial charge in [-0.05, 0) is 16.7 Å². The van der Waals surface area contributed by atoms with Crippen LogP contribution in [-0.2, 0) is 6.54 Å². The molecule has 4 rings (SSSR count). The highest BCUT2D eigenvalue weighted by Gasteiger charge is 2.12. The summed E-state index contributed by atoms with van der Waals surface area (Å²) in [6.45, 7) is 0.313. The van der Waals surface area contributed by atoms with Crippen molar-refractivity contribution in [3.63, 3.8) is 0 Å². The second-order valence-corrected chi connectivity index (χ2v) is 5.32. The van der Waals surface area contributed by atoms with Crippen molar-refractivity contribution in [1.82, 2.24) is 30.3 Å². The Morgan fingerprint density at radius 1 is 1.09 bits per heavy atom. The van der Waals surface area contributed by atoms with Gasteiger partial charge in [0.15, 0.2) is 5.82 Å². The van der Waals surface area contributed by atoms with Crippen molar-refractivity contribution in [2.75, 3.05) is 0 Å². The van der Waals surface area contributed by atoms with Crippen LogP contribution in [-0.4, -0.2) is 30.3 Å². The highest BCUT2D eigenvalue weighted by Crippen LogP contribution is 2.20. The molecule has 0 saturated carbocycles. The van der Waals surface area contributed by atoms with E-state index in [1.54, 1.807) is 11.3 Å². The summed E-state index contributed by atoms with van der Waals surface area (Å²) in [5, 5.41) is 20.2. The maximum atomic E-state index is 5.23. The van der Waals surface area contributed by atoms with Crippen LogP contribution in [0.15, 0.2) is 51.7 Å². The normalized spacial score (nSPS) is 10.9. The average molecular weight is 310 g/mol. The Labute approximate surface area is 129 Å². The third kappa shape index (κ3) is 2.51. The van der Waals surface area contributed by atoms with Gasteiger partial charge in [0.2, 0.25) is 5.82 Å². The minimum Gasteiger partial charge on any atom is -0.334 e. The Morgan fingerprint density at radius 3 is 2.82 bits per heavy atom. The predicted octanol–water partition coefficient (Wildman–Crippen LogP) is 2.50. The van der Waals surface area contributed by atoms with Gasteiger partial charge in [-0.25, -0.2) is 0 Å². The molecule has 22 heavy (non-hydrogen) atoms. The summed E-state index contributed by atoms with van der Waals surface area (Å²) in [5.41, 5.74) is 1.83. The van der Waals surface area contributed by atoms with Gasteiger partial charge in [-0.15, -0.1) is 10.2 Å². The SMILES string of the molecule is c1ccc(-c2nnn(Cc3noc(-c4ccsc4)n3)n2)cc1. The summed E-state index contributed by atoms with van der Waals surface area (Å²) in [6, 6.07) is 11.6. The molecule has 0 atom stereocenters. The second-order valence-electron chi connectivity index (χ2n) is 4.54. The smallest absolute Gasteiger partial charge is 0.258 e. The van der Waals surface area contributed by atoms with Crippen molar-refractivity contribution < 1.29 is 4.52 Å². The fourth-order valence-corrected chi connectivity index (χ4v) is 2.59. The van der Waals surface area contributed by atoms with Crippen LogP contribution >= 0.6 is 11.3 Å². The lowest BCUT2D eigenvalue weighted by molar-refractivity contribution is 0.415. The zero-order valence-electron chi connectivity index (χ0n) is 11.3. The van der Waals surface area contributed by atoms with Crippen molar-refractivity contribution in [3.8, 4) is 22.8 Å². The van der Waals surface area contributed by atoms with E-state index >= 15 is 0 Å². The van der Waals surface area contributed by atoms with Crippen LogP contribution in [0.25, 0.3) is 22.8 Å². The van der Waals surface area contributed by atoms with Gasteiger partial charge in [-0.1, -0.05) is 35.5 Å².